The topological polar surface area (TPSA) is 50.4 Å². The monoisotopic (exact) mass is 276 g/mol. The minimum absolute atomic E-state index is 0.343. The highest BCUT2D eigenvalue weighted by molar-refractivity contribution is 6.35. The first-order valence-corrected chi connectivity index (χ1v) is 5.88. The number of anilines is 1. The number of carbonyl (C=O) groups excluding carboxylic acids is 1. The summed E-state index contributed by atoms with van der Waals surface area (Å²) in [5, 5.41) is 3.46. The molecule has 94 valence electrons. The van der Waals surface area contributed by atoms with Crippen LogP contribution in [0.3, 0.4) is 0 Å². The number of hydrogen-bond acceptors (Lipinski definition) is 2. The molecule has 0 aliphatic heterocycles. The maximum Gasteiger partial charge on any atom is 0.343 e. The molecular formula is C11H14Cl2N2O2. The standard InChI is InChI=1S/C11H14Cl2N2O2/c1-7(2)6-17-15-11(16)14-10-4-8(12)3-9(13)5-10/h3-5,7H,6H2,1-2H3,(H2,14,15,16). The van der Waals surface area contributed by atoms with Crippen molar-refractivity contribution in [2.45, 2.75) is 13.8 Å². The molecule has 0 bridgehead atoms. The van der Waals surface area contributed by atoms with Gasteiger partial charge in [0.2, 0.25) is 0 Å². The minimum atomic E-state index is -0.469. The fraction of sp³-hybridized carbons (Fsp3) is 0.364. The molecule has 4 nitrogen and oxygen atoms in total. The van der Waals surface area contributed by atoms with Crippen LogP contribution in [0.1, 0.15) is 13.8 Å². The summed E-state index contributed by atoms with van der Waals surface area (Å²) in [6.45, 7) is 4.41. The van der Waals surface area contributed by atoms with Gasteiger partial charge in [-0.05, 0) is 24.1 Å². The molecule has 0 atom stereocenters. The molecule has 1 aromatic rings. The molecule has 0 saturated heterocycles. The minimum Gasteiger partial charge on any atom is -0.306 e. The van der Waals surface area contributed by atoms with Crippen molar-refractivity contribution < 1.29 is 9.63 Å². The van der Waals surface area contributed by atoms with Crippen molar-refractivity contribution in [3.8, 4) is 0 Å². The molecule has 0 saturated carbocycles. The molecule has 6 heteroatoms. The van der Waals surface area contributed by atoms with E-state index in [9.17, 15) is 4.79 Å². The number of rotatable bonds is 4. The average Bonchev–Trinajstić information content (AvgIpc) is 2.14. The molecule has 0 aromatic heterocycles. The number of nitrogens with one attached hydrogen (secondary N) is 2. The second-order valence-electron chi connectivity index (χ2n) is 3.92. The van der Waals surface area contributed by atoms with Crippen LogP contribution >= 0.6 is 23.2 Å². The van der Waals surface area contributed by atoms with E-state index in [1.54, 1.807) is 18.2 Å². The average molecular weight is 277 g/mol. The zero-order valence-electron chi connectivity index (χ0n) is 9.59. The van der Waals surface area contributed by atoms with Crippen molar-refractivity contribution in [2.75, 3.05) is 11.9 Å². The van der Waals surface area contributed by atoms with Gasteiger partial charge >= 0.3 is 6.03 Å². The summed E-state index contributed by atoms with van der Waals surface area (Å²) in [6, 6.07) is 4.30. The third-order valence-electron chi connectivity index (χ3n) is 1.70. The number of benzene rings is 1. The molecule has 0 radical (unpaired) electrons. The maximum atomic E-state index is 11.4. The van der Waals surface area contributed by atoms with Crippen LogP contribution in [0.15, 0.2) is 18.2 Å². The lowest BCUT2D eigenvalue weighted by molar-refractivity contribution is 0.0482. The SMILES string of the molecule is CC(C)CONC(=O)Nc1cc(Cl)cc(Cl)c1. The second-order valence-corrected chi connectivity index (χ2v) is 4.79. The largest absolute Gasteiger partial charge is 0.343 e. The van der Waals surface area contributed by atoms with Gasteiger partial charge in [0.05, 0.1) is 6.61 Å². The maximum absolute atomic E-state index is 11.4. The third kappa shape index (κ3) is 5.77. The Bertz CT molecular complexity index is 377. The summed E-state index contributed by atoms with van der Waals surface area (Å²) < 4.78 is 0. The summed E-state index contributed by atoms with van der Waals surface area (Å²) in [4.78, 5) is 16.3. The van der Waals surface area contributed by atoms with Crippen LogP contribution in [0, 0.1) is 5.92 Å². The fourth-order valence-electron chi connectivity index (χ4n) is 1.06. The van der Waals surface area contributed by atoms with Crippen LogP contribution < -0.4 is 10.8 Å². The molecule has 0 fully saturated rings. The van der Waals surface area contributed by atoms with Crippen molar-refractivity contribution in [2.24, 2.45) is 5.92 Å². The first-order chi connectivity index (χ1) is 7.97. The second kappa shape index (κ2) is 6.69. The summed E-state index contributed by atoms with van der Waals surface area (Å²) in [6.07, 6.45) is 0. The van der Waals surface area contributed by atoms with Crippen LogP contribution in [-0.4, -0.2) is 12.6 Å². The highest BCUT2D eigenvalue weighted by atomic mass is 35.5. The molecule has 0 spiro atoms. The molecule has 1 aromatic carbocycles. The van der Waals surface area contributed by atoms with Gasteiger partial charge in [-0.15, -0.1) is 0 Å². The van der Waals surface area contributed by atoms with Crippen molar-refractivity contribution >= 4 is 34.9 Å². The molecule has 0 unspecified atom stereocenters. The number of hydroxylamine groups is 1. The van der Waals surface area contributed by atoms with Crippen LogP contribution in [0.5, 0.6) is 0 Å². The van der Waals surface area contributed by atoms with E-state index in [1.807, 2.05) is 13.8 Å². The quantitative estimate of drug-likeness (QED) is 0.824. The van der Waals surface area contributed by atoms with E-state index in [2.05, 4.69) is 10.8 Å². The van der Waals surface area contributed by atoms with E-state index in [-0.39, 0.29) is 0 Å². The predicted octanol–water partition coefficient (Wildman–Crippen LogP) is 3.70. The number of amides is 2. The van der Waals surface area contributed by atoms with Crippen molar-refractivity contribution in [3.05, 3.63) is 28.2 Å². The molecule has 0 aliphatic carbocycles. The third-order valence-corrected chi connectivity index (χ3v) is 2.14. The van der Waals surface area contributed by atoms with Crippen LogP contribution in [0.25, 0.3) is 0 Å². The normalized spacial score (nSPS) is 10.4. The number of halogens is 2. The van der Waals surface area contributed by atoms with E-state index >= 15 is 0 Å². The van der Waals surface area contributed by atoms with Gasteiger partial charge in [-0.2, -0.15) is 0 Å². The molecular weight excluding hydrogens is 263 g/mol. The van der Waals surface area contributed by atoms with Gasteiger partial charge in [0.1, 0.15) is 0 Å². The Morgan fingerprint density at radius 1 is 1.29 bits per heavy atom. The highest BCUT2D eigenvalue weighted by Crippen LogP contribution is 2.22. The Morgan fingerprint density at radius 2 is 1.88 bits per heavy atom. The molecule has 1 rings (SSSR count). The van der Waals surface area contributed by atoms with E-state index < -0.39 is 6.03 Å². The molecule has 0 heterocycles. The fourth-order valence-corrected chi connectivity index (χ4v) is 1.58. The summed E-state index contributed by atoms with van der Waals surface area (Å²) in [7, 11) is 0. The van der Waals surface area contributed by atoms with Crippen LogP contribution in [-0.2, 0) is 4.84 Å². The highest BCUT2D eigenvalue weighted by Gasteiger charge is 2.04. The Labute approximate surface area is 110 Å². The zero-order chi connectivity index (χ0) is 12.8. The molecule has 2 N–H and O–H groups in total. The Hall–Kier alpha value is -0.970. The van der Waals surface area contributed by atoms with E-state index in [0.29, 0.717) is 28.3 Å². The molecule has 0 aliphatic rings. The van der Waals surface area contributed by atoms with Crippen molar-refractivity contribution in [1.82, 2.24) is 5.48 Å². The first kappa shape index (κ1) is 14.1. The van der Waals surface area contributed by atoms with Crippen LogP contribution in [0.2, 0.25) is 10.0 Å². The Balaban J connectivity index is 2.45. The smallest absolute Gasteiger partial charge is 0.306 e. The summed E-state index contributed by atoms with van der Waals surface area (Å²) in [5.74, 6) is 0.343. The van der Waals surface area contributed by atoms with E-state index in [1.165, 1.54) is 0 Å². The van der Waals surface area contributed by atoms with Gasteiger partial charge in [-0.25, -0.2) is 10.3 Å². The van der Waals surface area contributed by atoms with Gasteiger partial charge in [-0.3, -0.25) is 4.84 Å². The lowest BCUT2D eigenvalue weighted by Gasteiger charge is -2.09. The molecule has 17 heavy (non-hydrogen) atoms. The predicted molar refractivity (Wildman–Crippen MR) is 69.4 cm³/mol. The summed E-state index contributed by atoms with van der Waals surface area (Å²) >= 11 is 11.6. The van der Waals surface area contributed by atoms with Gasteiger partial charge in [0, 0.05) is 15.7 Å². The Kier molecular flexibility index (Phi) is 5.55. The van der Waals surface area contributed by atoms with Gasteiger partial charge in [0.25, 0.3) is 0 Å². The van der Waals surface area contributed by atoms with Crippen molar-refractivity contribution in [3.63, 3.8) is 0 Å². The van der Waals surface area contributed by atoms with Gasteiger partial charge in [-0.1, -0.05) is 37.0 Å². The van der Waals surface area contributed by atoms with Gasteiger partial charge < -0.3 is 5.32 Å². The number of carbonyl (C=O) groups is 1. The Morgan fingerprint density at radius 3 is 2.41 bits per heavy atom. The van der Waals surface area contributed by atoms with Crippen molar-refractivity contribution in [1.29, 1.82) is 0 Å². The molecule has 2 amide bonds. The van der Waals surface area contributed by atoms with E-state index in [0.717, 1.165) is 0 Å². The lowest BCUT2D eigenvalue weighted by atomic mass is 10.2. The van der Waals surface area contributed by atoms with Gasteiger partial charge in [0.15, 0.2) is 0 Å². The lowest BCUT2D eigenvalue weighted by Crippen LogP contribution is -2.30. The van der Waals surface area contributed by atoms with E-state index in [4.69, 9.17) is 28.0 Å². The first-order valence-electron chi connectivity index (χ1n) is 5.12. The zero-order valence-corrected chi connectivity index (χ0v) is 11.1. The number of urea groups is 1. The van der Waals surface area contributed by atoms with Crippen LogP contribution in [0.4, 0.5) is 10.5 Å². The number of hydrogen-bond donors (Lipinski definition) is 2. The summed E-state index contributed by atoms with van der Waals surface area (Å²) in [5.41, 5.74) is 2.77.